The van der Waals surface area contributed by atoms with Crippen molar-refractivity contribution in [2.24, 2.45) is 0 Å². The Morgan fingerprint density at radius 3 is 2.11 bits per heavy atom. The quantitative estimate of drug-likeness (QED) is 0.453. The molecule has 36 heavy (non-hydrogen) atoms. The van der Waals surface area contributed by atoms with Crippen LogP contribution in [0.25, 0.3) is 0 Å². The van der Waals surface area contributed by atoms with Crippen LogP contribution in [0.15, 0.2) is 42.5 Å². The Kier molecular flexibility index (Phi) is 10.5. The highest BCUT2D eigenvalue weighted by molar-refractivity contribution is 7.92. The van der Waals surface area contributed by atoms with E-state index in [4.69, 9.17) is 0 Å². The van der Waals surface area contributed by atoms with E-state index in [2.05, 4.69) is 5.32 Å². The minimum Gasteiger partial charge on any atom is -0.352 e. The lowest BCUT2D eigenvalue weighted by molar-refractivity contribution is -0.141. The topological polar surface area (TPSA) is 86.8 Å². The van der Waals surface area contributed by atoms with Gasteiger partial charge in [0.1, 0.15) is 11.9 Å². The van der Waals surface area contributed by atoms with Gasteiger partial charge < -0.3 is 10.2 Å². The third kappa shape index (κ3) is 8.62. The average Bonchev–Trinajstić information content (AvgIpc) is 2.75. The maximum absolute atomic E-state index is 13.4. The van der Waals surface area contributed by atoms with Crippen LogP contribution in [0.1, 0.15) is 56.7 Å². The number of benzene rings is 2. The Bertz CT molecular complexity index is 1130. The number of carbonyl (C=O) groups is 2. The zero-order valence-electron chi connectivity index (χ0n) is 22.0. The summed E-state index contributed by atoms with van der Waals surface area (Å²) in [5.41, 5.74) is 3.16. The maximum Gasteiger partial charge on any atom is 0.243 e. The van der Waals surface area contributed by atoms with Gasteiger partial charge in [0.05, 0.1) is 11.9 Å². The van der Waals surface area contributed by atoms with Crippen LogP contribution >= 0.6 is 0 Å². The Morgan fingerprint density at radius 1 is 1.03 bits per heavy atom. The Hall–Kier alpha value is -2.94. The summed E-state index contributed by atoms with van der Waals surface area (Å²) in [7, 11) is -3.56. The number of hydrogen-bond acceptors (Lipinski definition) is 4. The van der Waals surface area contributed by atoms with Gasteiger partial charge in [-0.05, 0) is 81.5 Å². The van der Waals surface area contributed by atoms with Crippen LogP contribution in [0.5, 0.6) is 0 Å². The lowest BCUT2D eigenvalue weighted by Crippen LogP contribution is -2.50. The normalized spacial score (nSPS) is 12.3. The molecule has 2 amide bonds. The van der Waals surface area contributed by atoms with E-state index in [1.807, 2.05) is 40.7 Å². The number of sulfonamides is 1. The number of amides is 2. The highest BCUT2D eigenvalue weighted by atomic mass is 32.2. The fraction of sp³-hybridized carbons (Fsp3) is 0.481. The Morgan fingerprint density at radius 2 is 1.61 bits per heavy atom. The first kappa shape index (κ1) is 29.3. The molecule has 0 bridgehead atoms. The molecule has 0 saturated heterocycles. The smallest absolute Gasteiger partial charge is 0.243 e. The maximum atomic E-state index is 13.4. The molecule has 198 valence electrons. The first-order valence-corrected chi connectivity index (χ1v) is 14.1. The first-order chi connectivity index (χ1) is 16.8. The molecule has 0 radical (unpaired) electrons. The van der Waals surface area contributed by atoms with Gasteiger partial charge in [-0.2, -0.15) is 0 Å². The van der Waals surface area contributed by atoms with Gasteiger partial charge in [0.2, 0.25) is 21.8 Å². The van der Waals surface area contributed by atoms with Crippen molar-refractivity contribution >= 4 is 27.5 Å². The summed E-state index contributed by atoms with van der Waals surface area (Å²) in [5, 5.41) is 2.87. The average molecular weight is 520 g/mol. The van der Waals surface area contributed by atoms with Crippen molar-refractivity contribution < 1.29 is 22.4 Å². The van der Waals surface area contributed by atoms with Crippen LogP contribution in [0, 0.1) is 19.7 Å². The van der Waals surface area contributed by atoms with Crippen LogP contribution in [0.3, 0.4) is 0 Å². The van der Waals surface area contributed by atoms with Crippen molar-refractivity contribution in [3.8, 4) is 0 Å². The Balaban J connectivity index is 2.23. The predicted molar refractivity (Wildman–Crippen MR) is 142 cm³/mol. The second-order valence-electron chi connectivity index (χ2n) is 9.52. The molecule has 0 saturated carbocycles. The molecule has 2 aromatic rings. The fourth-order valence-electron chi connectivity index (χ4n) is 4.19. The van der Waals surface area contributed by atoms with Crippen LogP contribution in [-0.2, 0) is 26.2 Å². The highest BCUT2D eigenvalue weighted by Gasteiger charge is 2.29. The number of anilines is 1. The van der Waals surface area contributed by atoms with Crippen LogP contribution in [-0.4, -0.2) is 50.0 Å². The molecule has 1 atom stereocenters. The number of nitrogens with one attached hydrogen (secondary N) is 1. The SMILES string of the molecule is CC[C@@H](C(=O)NC(C)C)N(Cc1ccc(F)cc1)C(=O)CCCN(c1cc(C)cc(C)c1)S(C)(=O)=O. The van der Waals surface area contributed by atoms with Gasteiger partial charge in [-0.3, -0.25) is 13.9 Å². The van der Waals surface area contributed by atoms with Crippen LogP contribution in [0.2, 0.25) is 0 Å². The Labute approximate surface area is 214 Å². The monoisotopic (exact) mass is 519 g/mol. The molecule has 0 aliphatic heterocycles. The van der Waals surface area contributed by atoms with Crippen LogP contribution < -0.4 is 9.62 Å². The van der Waals surface area contributed by atoms with Gasteiger partial charge in [0.25, 0.3) is 0 Å². The molecule has 9 heteroatoms. The molecule has 0 fully saturated rings. The molecule has 7 nitrogen and oxygen atoms in total. The zero-order valence-corrected chi connectivity index (χ0v) is 22.9. The molecule has 0 aromatic heterocycles. The van der Waals surface area contributed by atoms with Gasteiger partial charge >= 0.3 is 0 Å². The molecule has 0 aliphatic rings. The first-order valence-electron chi connectivity index (χ1n) is 12.2. The summed E-state index contributed by atoms with van der Waals surface area (Å²) in [6.07, 6.45) is 1.89. The van der Waals surface area contributed by atoms with Gasteiger partial charge in [-0.25, -0.2) is 12.8 Å². The van der Waals surface area contributed by atoms with E-state index in [9.17, 15) is 22.4 Å². The minimum atomic E-state index is -3.56. The van der Waals surface area contributed by atoms with Gasteiger partial charge in [-0.1, -0.05) is 25.1 Å². The van der Waals surface area contributed by atoms with Crippen molar-refractivity contribution in [2.45, 2.75) is 72.5 Å². The van der Waals surface area contributed by atoms with E-state index in [1.165, 1.54) is 21.3 Å². The fourth-order valence-corrected chi connectivity index (χ4v) is 5.13. The molecular formula is C27H38FN3O4S. The van der Waals surface area contributed by atoms with Crippen molar-refractivity contribution in [1.29, 1.82) is 0 Å². The summed E-state index contributed by atoms with van der Waals surface area (Å²) >= 11 is 0. The molecular weight excluding hydrogens is 481 g/mol. The highest BCUT2D eigenvalue weighted by Crippen LogP contribution is 2.22. The molecule has 0 heterocycles. The summed E-state index contributed by atoms with van der Waals surface area (Å²) in [6, 6.07) is 10.6. The van der Waals surface area contributed by atoms with Crippen molar-refractivity contribution in [1.82, 2.24) is 10.2 Å². The molecule has 2 aromatic carbocycles. The number of hydrogen-bond donors (Lipinski definition) is 1. The van der Waals surface area contributed by atoms with E-state index in [0.717, 1.165) is 17.4 Å². The molecule has 2 rings (SSSR count). The van der Waals surface area contributed by atoms with Gasteiger partial charge in [0, 0.05) is 25.6 Å². The molecule has 0 spiro atoms. The van der Waals surface area contributed by atoms with Gasteiger partial charge in [0.15, 0.2) is 0 Å². The number of halogens is 1. The van der Waals surface area contributed by atoms with Crippen molar-refractivity contribution in [3.05, 3.63) is 65.0 Å². The van der Waals surface area contributed by atoms with E-state index < -0.39 is 16.1 Å². The summed E-state index contributed by atoms with van der Waals surface area (Å²) < 4.78 is 39.8. The number of carbonyl (C=O) groups excluding carboxylic acids is 2. The lowest BCUT2D eigenvalue weighted by atomic mass is 10.1. The molecule has 0 aliphatic carbocycles. The summed E-state index contributed by atoms with van der Waals surface area (Å²) in [4.78, 5) is 27.8. The van der Waals surface area contributed by atoms with E-state index >= 15 is 0 Å². The van der Waals surface area contributed by atoms with Crippen molar-refractivity contribution in [3.63, 3.8) is 0 Å². The zero-order chi connectivity index (χ0) is 27.0. The van der Waals surface area contributed by atoms with Crippen molar-refractivity contribution in [2.75, 3.05) is 17.1 Å². The molecule has 0 unspecified atom stereocenters. The number of aryl methyl sites for hydroxylation is 2. The third-order valence-electron chi connectivity index (χ3n) is 5.73. The number of nitrogens with zero attached hydrogens (tertiary/aromatic N) is 2. The van der Waals surface area contributed by atoms with Crippen LogP contribution in [0.4, 0.5) is 10.1 Å². The summed E-state index contributed by atoms with van der Waals surface area (Å²) in [5.74, 6) is -0.900. The van der Waals surface area contributed by atoms with E-state index in [-0.39, 0.29) is 49.6 Å². The predicted octanol–water partition coefficient (Wildman–Crippen LogP) is 4.32. The number of rotatable bonds is 12. The van der Waals surface area contributed by atoms with Gasteiger partial charge in [-0.15, -0.1) is 0 Å². The largest absolute Gasteiger partial charge is 0.352 e. The second-order valence-corrected chi connectivity index (χ2v) is 11.4. The van der Waals surface area contributed by atoms with E-state index in [0.29, 0.717) is 17.7 Å². The second kappa shape index (κ2) is 12.9. The van der Waals surface area contributed by atoms with E-state index in [1.54, 1.807) is 24.3 Å². The summed E-state index contributed by atoms with van der Waals surface area (Å²) in [6.45, 7) is 9.62. The minimum absolute atomic E-state index is 0.0590. The molecule has 1 N–H and O–H groups in total. The third-order valence-corrected chi connectivity index (χ3v) is 6.92. The lowest BCUT2D eigenvalue weighted by Gasteiger charge is -2.31. The standard InChI is InChI=1S/C27H38FN3O4S/c1-7-25(27(33)29-19(2)3)30(18-22-10-12-23(28)13-11-22)26(32)9-8-14-31(36(6,34)35)24-16-20(4)15-21(5)17-24/h10-13,15-17,19,25H,7-9,14,18H2,1-6H3,(H,29,33)/t25-/m0/s1.